The second kappa shape index (κ2) is 6.24. The van der Waals surface area contributed by atoms with Crippen molar-refractivity contribution in [1.29, 1.82) is 0 Å². The highest BCUT2D eigenvalue weighted by molar-refractivity contribution is 7.90. The van der Waals surface area contributed by atoms with Crippen molar-refractivity contribution in [3.05, 3.63) is 5.82 Å². The summed E-state index contributed by atoms with van der Waals surface area (Å²) in [5.74, 6) is 1.24. The van der Waals surface area contributed by atoms with E-state index in [1.165, 1.54) is 6.26 Å². The topological polar surface area (TPSA) is 89.8 Å². The van der Waals surface area contributed by atoms with Gasteiger partial charge in [-0.3, -0.25) is 0 Å². The zero-order valence-electron chi connectivity index (χ0n) is 11.3. The summed E-state index contributed by atoms with van der Waals surface area (Å²) in [6.07, 6.45) is 1.21. The first kappa shape index (κ1) is 15.0. The predicted octanol–water partition coefficient (Wildman–Crippen LogP) is 0.0243. The molecular weight excluding hydrogens is 254 g/mol. The van der Waals surface area contributed by atoms with Gasteiger partial charge in [-0.05, 0) is 29.8 Å². The van der Waals surface area contributed by atoms with E-state index < -0.39 is 9.84 Å². The first-order valence-electron chi connectivity index (χ1n) is 5.94. The van der Waals surface area contributed by atoms with Crippen molar-refractivity contribution in [2.75, 3.05) is 18.6 Å². The Labute approximate surface area is 108 Å². The molecule has 8 heteroatoms. The van der Waals surface area contributed by atoms with Crippen LogP contribution >= 0.6 is 0 Å². The summed E-state index contributed by atoms with van der Waals surface area (Å²) in [6, 6.07) is -0.258. The lowest BCUT2D eigenvalue weighted by Gasteiger charge is -2.13. The molecule has 7 nitrogen and oxygen atoms in total. The summed E-state index contributed by atoms with van der Waals surface area (Å²) in [6.45, 7) is 7.43. The van der Waals surface area contributed by atoms with Crippen molar-refractivity contribution >= 4 is 9.84 Å². The number of hydrogen-bond acceptors (Lipinski definition) is 6. The third kappa shape index (κ3) is 5.09. The third-order valence-corrected chi connectivity index (χ3v) is 3.45. The highest BCUT2D eigenvalue weighted by Gasteiger charge is 2.17. The monoisotopic (exact) mass is 275 g/mol. The van der Waals surface area contributed by atoms with Gasteiger partial charge in [0.2, 0.25) is 0 Å². The van der Waals surface area contributed by atoms with Gasteiger partial charge in [0, 0.05) is 6.26 Å². The standard InChI is InChI=1S/C10H21N5O2S/c1-8(2)5-11-6-10-12-13-14-15(10)9(3)7-18(4,16)17/h8-9,11H,5-7H2,1-4H3. The molecule has 1 rings (SSSR count). The summed E-state index contributed by atoms with van der Waals surface area (Å²) in [5.41, 5.74) is 0. The van der Waals surface area contributed by atoms with Crippen LogP contribution in [0.15, 0.2) is 0 Å². The van der Waals surface area contributed by atoms with Gasteiger partial charge < -0.3 is 5.32 Å². The Morgan fingerprint density at radius 2 is 2.00 bits per heavy atom. The summed E-state index contributed by atoms with van der Waals surface area (Å²) in [7, 11) is -3.04. The molecule has 0 spiro atoms. The van der Waals surface area contributed by atoms with Crippen molar-refractivity contribution in [3.63, 3.8) is 0 Å². The van der Waals surface area contributed by atoms with E-state index in [1.54, 1.807) is 11.6 Å². The molecule has 1 aromatic heterocycles. The SMILES string of the molecule is CC(C)CNCc1nnnn1C(C)CS(C)(=O)=O. The molecule has 1 heterocycles. The molecule has 0 bridgehead atoms. The van der Waals surface area contributed by atoms with Gasteiger partial charge in [-0.25, -0.2) is 13.1 Å². The van der Waals surface area contributed by atoms with Gasteiger partial charge in [0.1, 0.15) is 9.84 Å². The second-order valence-corrected chi connectivity index (χ2v) is 7.19. The number of aromatic nitrogens is 4. The largest absolute Gasteiger partial charge is 0.310 e. The Bertz CT molecular complexity index is 468. The summed E-state index contributed by atoms with van der Waals surface area (Å²) >= 11 is 0. The average Bonchev–Trinajstić information content (AvgIpc) is 2.62. The molecule has 0 radical (unpaired) electrons. The Morgan fingerprint density at radius 3 is 2.56 bits per heavy atom. The fraction of sp³-hybridized carbons (Fsp3) is 0.900. The lowest BCUT2D eigenvalue weighted by atomic mass is 10.2. The van der Waals surface area contributed by atoms with Gasteiger partial charge in [-0.1, -0.05) is 13.8 Å². The normalized spacial score (nSPS) is 14.1. The molecule has 1 unspecified atom stereocenters. The molecular formula is C10H21N5O2S. The Balaban J connectivity index is 2.64. The highest BCUT2D eigenvalue weighted by Crippen LogP contribution is 2.08. The van der Waals surface area contributed by atoms with Crippen molar-refractivity contribution < 1.29 is 8.42 Å². The van der Waals surface area contributed by atoms with Gasteiger partial charge in [0.15, 0.2) is 5.82 Å². The predicted molar refractivity (Wildman–Crippen MR) is 68.8 cm³/mol. The molecule has 0 aromatic carbocycles. The molecule has 0 saturated heterocycles. The summed E-state index contributed by atoms with van der Waals surface area (Å²) < 4.78 is 24.1. The van der Waals surface area contributed by atoms with Gasteiger partial charge in [0.05, 0.1) is 18.3 Å². The molecule has 0 amide bonds. The lowest BCUT2D eigenvalue weighted by molar-refractivity contribution is 0.467. The van der Waals surface area contributed by atoms with Crippen LogP contribution in [0.1, 0.15) is 32.6 Å². The van der Waals surface area contributed by atoms with Crippen LogP contribution in [0.3, 0.4) is 0 Å². The quantitative estimate of drug-likeness (QED) is 0.755. The molecule has 0 aliphatic carbocycles. The van der Waals surface area contributed by atoms with Gasteiger partial charge in [-0.2, -0.15) is 0 Å². The van der Waals surface area contributed by atoms with Crippen molar-refractivity contribution in [2.45, 2.75) is 33.4 Å². The number of hydrogen-bond donors (Lipinski definition) is 1. The maximum atomic E-state index is 11.3. The minimum absolute atomic E-state index is 0.0369. The Hall–Kier alpha value is -1.02. The fourth-order valence-electron chi connectivity index (χ4n) is 1.65. The molecule has 0 saturated carbocycles. The first-order chi connectivity index (χ1) is 8.29. The molecule has 104 valence electrons. The van der Waals surface area contributed by atoms with Crippen LogP contribution in [-0.4, -0.2) is 47.2 Å². The van der Waals surface area contributed by atoms with Crippen molar-refractivity contribution in [2.24, 2.45) is 5.92 Å². The van der Waals surface area contributed by atoms with Gasteiger partial charge >= 0.3 is 0 Å². The first-order valence-corrected chi connectivity index (χ1v) is 8.01. The van der Waals surface area contributed by atoms with E-state index >= 15 is 0 Å². The van der Waals surface area contributed by atoms with Crippen molar-refractivity contribution in [1.82, 2.24) is 25.5 Å². The molecule has 1 aromatic rings. The number of rotatable bonds is 7. The molecule has 0 aliphatic heterocycles. The van der Waals surface area contributed by atoms with Gasteiger partial charge in [0.25, 0.3) is 0 Å². The van der Waals surface area contributed by atoms with E-state index in [1.807, 2.05) is 0 Å². The van der Waals surface area contributed by atoms with Crippen LogP contribution in [0, 0.1) is 5.92 Å². The van der Waals surface area contributed by atoms with E-state index in [4.69, 9.17) is 0 Å². The van der Waals surface area contributed by atoms with Crippen LogP contribution in [0.4, 0.5) is 0 Å². The minimum atomic E-state index is -3.04. The van der Waals surface area contributed by atoms with Crippen LogP contribution in [-0.2, 0) is 16.4 Å². The molecule has 1 atom stereocenters. The number of nitrogens with zero attached hydrogens (tertiary/aromatic N) is 4. The maximum Gasteiger partial charge on any atom is 0.165 e. The second-order valence-electron chi connectivity index (χ2n) is 5.01. The van der Waals surface area contributed by atoms with Crippen LogP contribution in [0.2, 0.25) is 0 Å². The molecule has 0 aliphatic rings. The summed E-state index contributed by atoms with van der Waals surface area (Å²) in [5, 5.41) is 14.6. The van der Waals surface area contributed by atoms with E-state index in [0.717, 1.165) is 6.54 Å². The molecule has 1 N–H and O–H groups in total. The third-order valence-electron chi connectivity index (χ3n) is 2.36. The number of nitrogens with one attached hydrogen (secondary N) is 1. The van der Waals surface area contributed by atoms with Crippen molar-refractivity contribution in [3.8, 4) is 0 Å². The number of sulfone groups is 1. The summed E-state index contributed by atoms with van der Waals surface area (Å²) in [4.78, 5) is 0. The minimum Gasteiger partial charge on any atom is -0.310 e. The molecule has 18 heavy (non-hydrogen) atoms. The van der Waals surface area contributed by atoms with E-state index in [-0.39, 0.29) is 11.8 Å². The van der Waals surface area contributed by atoms with Gasteiger partial charge in [-0.15, -0.1) is 5.10 Å². The lowest BCUT2D eigenvalue weighted by Crippen LogP contribution is -2.25. The Morgan fingerprint density at radius 1 is 1.33 bits per heavy atom. The highest BCUT2D eigenvalue weighted by atomic mass is 32.2. The number of tetrazole rings is 1. The zero-order valence-corrected chi connectivity index (χ0v) is 12.1. The van der Waals surface area contributed by atoms with E-state index in [9.17, 15) is 8.42 Å². The van der Waals surface area contributed by atoms with E-state index in [0.29, 0.717) is 18.3 Å². The zero-order chi connectivity index (χ0) is 13.8. The van der Waals surface area contributed by atoms with Crippen LogP contribution in [0.5, 0.6) is 0 Å². The Kier molecular flexibility index (Phi) is 5.21. The maximum absolute atomic E-state index is 11.3. The average molecular weight is 275 g/mol. The molecule has 0 fully saturated rings. The van der Waals surface area contributed by atoms with E-state index in [2.05, 4.69) is 34.7 Å². The van der Waals surface area contributed by atoms with Crippen LogP contribution < -0.4 is 5.32 Å². The fourth-order valence-corrected chi connectivity index (χ4v) is 2.67. The van der Waals surface area contributed by atoms with Crippen LogP contribution in [0.25, 0.3) is 0 Å². The smallest absolute Gasteiger partial charge is 0.165 e.